The lowest BCUT2D eigenvalue weighted by Crippen LogP contribution is -2.38. The lowest BCUT2D eigenvalue weighted by Gasteiger charge is -2.14. The average molecular weight is 429 g/mol. The quantitative estimate of drug-likeness (QED) is 0.194. The number of benzene rings is 1. The Bertz CT molecular complexity index is 1090. The van der Waals surface area contributed by atoms with Gasteiger partial charge in [0.25, 0.3) is 13.6 Å². The van der Waals surface area contributed by atoms with Gasteiger partial charge in [-0.15, -0.1) is 0 Å². The number of nitrogen functional groups attached to an aromatic ring is 1. The number of pyridine rings is 1. The average Bonchev–Trinajstić information content (AvgIpc) is 3.16. The molecule has 2 heterocycles. The smallest absolute Gasteiger partial charge is 0.285 e. The highest BCUT2D eigenvalue weighted by Gasteiger charge is 2.18. The minimum absolute atomic E-state index is 0.197. The third kappa shape index (κ3) is 5.97. The molecule has 0 radical (unpaired) electrons. The fourth-order valence-electron chi connectivity index (χ4n) is 2.79. The Hall–Kier alpha value is -3.06. The van der Waals surface area contributed by atoms with E-state index in [-0.39, 0.29) is 5.82 Å². The van der Waals surface area contributed by atoms with Crippen molar-refractivity contribution < 1.29 is 28.0 Å². The number of phosphoric acid groups is 1. The first-order chi connectivity index (χ1) is 14.4. The highest BCUT2D eigenvalue weighted by molar-refractivity contribution is 7.44. The summed E-state index contributed by atoms with van der Waals surface area (Å²) in [5.74, 6) is 0.617. The number of phosphoric ester groups is 1. The van der Waals surface area contributed by atoms with Crippen LogP contribution >= 0.6 is 7.82 Å². The maximum Gasteiger partial charge on any atom is 0.285 e. The molecule has 0 bridgehead atoms. The van der Waals surface area contributed by atoms with E-state index in [1.807, 2.05) is 30.3 Å². The van der Waals surface area contributed by atoms with Crippen molar-refractivity contribution in [2.45, 2.75) is 19.7 Å². The fourth-order valence-corrected chi connectivity index (χ4v) is 3.06. The van der Waals surface area contributed by atoms with Crippen LogP contribution < -0.4 is 20.5 Å². The molecule has 2 aromatic heterocycles. The first-order valence-corrected chi connectivity index (χ1v) is 10.4. The van der Waals surface area contributed by atoms with Crippen LogP contribution in [0.3, 0.4) is 0 Å². The first kappa shape index (κ1) is 21.6. The van der Waals surface area contributed by atoms with Crippen LogP contribution in [0.1, 0.15) is 16.8 Å². The number of aromatic nitrogens is 2. The third-order valence-electron chi connectivity index (χ3n) is 4.24. The van der Waals surface area contributed by atoms with Gasteiger partial charge in [-0.1, -0.05) is 29.4 Å². The summed E-state index contributed by atoms with van der Waals surface area (Å²) < 4.78 is 21.9. The number of nitrogens with two attached hydrogens (primary N) is 1. The van der Waals surface area contributed by atoms with Crippen molar-refractivity contribution in [2.24, 2.45) is 0 Å². The van der Waals surface area contributed by atoms with Crippen molar-refractivity contribution in [1.29, 1.82) is 5.26 Å². The van der Waals surface area contributed by atoms with Gasteiger partial charge in [0.15, 0.2) is 12.5 Å². The fraction of sp³-hybridized carbons (Fsp3) is 0.211. The molecule has 0 saturated heterocycles. The molecule has 1 unspecified atom stereocenters. The van der Waals surface area contributed by atoms with Gasteiger partial charge >= 0.3 is 0 Å². The Morgan fingerprint density at radius 1 is 1.33 bits per heavy atom. The summed E-state index contributed by atoms with van der Waals surface area (Å²) in [7, 11) is -4.87. The van der Waals surface area contributed by atoms with Crippen molar-refractivity contribution in [3.63, 3.8) is 0 Å². The zero-order chi connectivity index (χ0) is 21.6. The summed E-state index contributed by atoms with van der Waals surface area (Å²) in [6, 6.07) is 15.1. The van der Waals surface area contributed by atoms with E-state index in [1.54, 1.807) is 18.2 Å². The molecule has 0 aliphatic rings. The highest BCUT2D eigenvalue weighted by atomic mass is 31.2. The van der Waals surface area contributed by atoms with Crippen molar-refractivity contribution in [3.05, 3.63) is 65.5 Å². The standard InChI is InChI=1S/C19H20N5O5P/c20-7-8-22-12-15-5-3-14(4-6-15)10-16-11-18(29-23-16)17-2-1-9-24(19(17)21)13-28-30(25,26)27/h1-6,9,11,21-22H,8,10,12-13H2,(H2,25,26,27). The lowest BCUT2D eigenvalue weighted by molar-refractivity contribution is -0.712. The topological polar surface area (TPSA) is 161 Å². The molecule has 0 amide bonds. The van der Waals surface area contributed by atoms with Gasteiger partial charge in [-0.3, -0.25) is 14.8 Å². The van der Waals surface area contributed by atoms with Crippen LogP contribution in [0.5, 0.6) is 0 Å². The van der Waals surface area contributed by atoms with Crippen LogP contribution in [0.2, 0.25) is 0 Å². The number of rotatable bonds is 9. The van der Waals surface area contributed by atoms with Crippen molar-refractivity contribution >= 4 is 13.6 Å². The van der Waals surface area contributed by atoms with Crippen LogP contribution in [0, 0.1) is 11.3 Å². The predicted molar refractivity (Wildman–Crippen MR) is 104 cm³/mol. The molecule has 10 nitrogen and oxygen atoms in total. The van der Waals surface area contributed by atoms with E-state index in [9.17, 15) is 9.46 Å². The maximum absolute atomic E-state index is 10.8. The zero-order valence-corrected chi connectivity index (χ0v) is 16.8. The number of hydrogen-bond acceptors (Lipinski definition) is 8. The molecule has 11 heteroatoms. The molecule has 0 fully saturated rings. The van der Waals surface area contributed by atoms with E-state index in [1.165, 1.54) is 10.8 Å². The van der Waals surface area contributed by atoms with Gasteiger partial charge in [-0.25, -0.2) is 4.57 Å². The van der Waals surface area contributed by atoms with Gasteiger partial charge in [0.1, 0.15) is 5.56 Å². The van der Waals surface area contributed by atoms with Crippen LogP contribution in [0.15, 0.2) is 53.2 Å². The second-order valence-corrected chi connectivity index (χ2v) is 7.64. The monoisotopic (exact) mass is 429 g/mol. The molecular weight excluding hydrogens is 409 g/mol. The van der Waals surface area contributed by atoms with E-state index < -0.39 is 14.6 Å². The summed E-state index contributed by atoms with van der Waals surface area (Å²) in [5, 5.41) is 15.6. The number of nitrogens with zero attached hydrogens (tertiary/aromatic N) is 3. The summed E-state index contributed by atoms with van der Waals surface area (Å²) in [6.07, 6.45) is 2.06. The minimum Gasteiger partial charge on any atom is -0.756 e. The van der Waals surface area contributed by atoms with Gasteiger partial charge in [0.2, 0.25) is 0 Å². The molecule has 3 rings (SSSR count). The molecule has 0 aliphatic heterocycles. The van der Waals surface area contributed by atoms with E-state index in [4.69, 9.17) is 20.4 Å². The molecule has 4 N–H and O–H groups in total. The molecule has 0 spiro atoms. The molecule has 1 atom stereocenters. The largest absolute Gasteiger partial charge is 0.756 e. The van der Waals surface area contributed by atoms with Crippen LogP contribution in [0.25, 0.3) is 11.3 Å². The van der Waals surface area contributed by atoms with Crippen LogP contribution in [-0.4, -0.2) is 16.6 Å². The number of nitrogens with one attached hydrogen (secondary N) is 1. The summed E-state index contributed by atoms with van der Waals surface area (Å²) in [5.41, 5.74) is 9.39. The van der Waals surface area contributed by atoms with E-state index in [2.05, 4.69) is 15.0 Å². The molecule has 3 aromatic rings. The third-order valence-corrected chi connectivity index (χ3v) is 4.68. The predicted octanol–water partition coefficient (Wildman–Crippen LogP) is 0.850. The molecule has 0 aliphatic carbocycles. The number of nitriles is 1. The van der Waals surface area contributed by atoms with Crippen molar-refractivity contribution in [3.8, 4) is 17.4 Å². The SMILES string of the molecule is N#CCNCc1ccc(Cc2cc(-c3ccc[n+](COP(=O)([O-])O)c3N)on2)cc1. The summed E-state index contributed by atoms with van der Waals surface area (Å²) in [4.78, 5) is 19.5. The zero-order valence-electron chi connectivity index (χ0n) is 15.9. The van der Waals surface area contributed by atoms with Crippen LogP contribution in [-0.2, 0) is 28.8 Å². The second kappa shape index (κ2) is 9.63. The van der Waals surface area contributed by atoms with E-state index in [0.29, 0.717) is 36.5 Å². The molecular formula is C19H20N5O5P. The second-order valence-electron chi connectivity index (χ2n) is 6.44. The molecule has 156 valence electrons. The van der Waals surface area contributed by atoms with Crippen molar-refractivity contribution in [2.75, 3.05) is 12.3 Å². The Morgan fingerprint density at radius 3 is 2.77 bits per heavy atom. The Labute approximate surface area is 172 Å². The molecule has 30 heavy (non-hydrogen) atoms. The summed E-state index contributed by atoms with van der Waals surface area (Å²) in [6.45, 7) is 0.457. The van der Waals surface area contributed by atoms with E-state index in [0.717, 1.165) is 11.1 Å². The molecule has 0 saturated carbocycles. The number of anilines is 1. The van der Waals surface area contributed by atoms with E-state index >= 15 is 0 Å². The Kier molecular flexibility index (Phi) is 6.95. The Balaban J connectivity index is 1.69. The van der Waals surface area contributed by atoms with Crippen molar-refractivity contribution in [1.82, 2.24) is 10.5 Å². The van der Waals surface area contributed by atoms with Crippen LogP contribution in [0.4, 0.5) is 5.82 Å². The Morgan fingerprint density at radius 2 is 2.07 bits per heavy atom. The normalized spacial score (nSPS) is 13.0. The maximum atomic E-state index is 10.8. The minimum atomic E-state index is -4.87. The number of hydrogen-bond donors (Lipinski definition) is 3. The highest BCUT2D eigenvalue weighted by Crippen LogP contribution is 2.30. The lowest BCUT2D eigenvalue weighted by atomic mass is 10.1. The van der Waals surface area contributed by atoms with Gasteiger partial charge in [-0.05, 0) is 23.3 Å². The van der Waals surface area contributed by atoms with Gasteiger partial charge < -0.3 is 19.6 Å². The molecule has 1 aromatic carbocycles. The van der Waals surface area contributed by atoms with Gasteiger partial charge in [-0.2, -0.15) is 5.26 Å². The van der Waals surface area contributed by atoms with Gasteiger partial charge in [0.05, 0.1) is 24.5 Å². The van der Waals surface area contributed by atoms with Gasteiger partial charge in [0, 0.05) is 19.0 Å². The first-order valence-electron chi connectivity index (χ1n) is 8.93. The summed E-state index contributed by atoms with van der Waals surface area (Å²) >= 11 is 0.